The van der Waals surface area contributed by atoms with Gasteiger partial charge in [0.25, 0.3) is 0 Å². The molecule has 2 rings (SSSR count). The van der Waals surface area contributed by atoms with Gasteiger partial charge in [0.1, 0.15) is 5.75 Å². The maximum absolute atomic E-state index is 9.96. The topological polar surface area (TPSA) is 20.2 Å². The number of hydrogen-bond acceptors (Lipinski definition) is 2. The van der Waals surface area contributed by atoms with Crippen LogP contribution in [0.2, 0.25) is 0 Å². The second kappa shape index (κ2) is 6.36. The van der Waals surface area contributed by atoms with Gasteiger partial charge in [-0.25, -0.2) is 0 Å². The van der Waals surface area contributed by atoms with E-state index in [9.17, 15) is 5.11 Å². The molecule has 0 amide bonds. The van der Waals surface area contributed by atoms with E-state index >= 15 is 0 Å². The van der Waals surface area contributed by atoms with Crippen molar-refractivity contribution in [2.24, 2.45) is 0 Å². The zero-order valence-electron chi connectivity index (χ0n) is 12.4. The summed E-state index contributed by atoms with van der Waals surface area (Å²) in [5.41, 5.74) is 2.36. The van der Waals surface area contributed by atoms with Crippen molar-refractivity contribution in [3.8, 4) is 5.75 Å². The number of rotatable bonds is 4. The van der Waals surface area contributed by atoms with Crippen LogP contribution in [-0.4, -0.2) is 10.9 Å². The summed E-state index contributed by atoms with van der Waals surface area (Å²) in [6, 6.07) is 16.5. The minimum atomic E-state index is -0.0277. The molecule has 0 aliphatic rings. The molecule has 0 bridgehead atoms. The summed E-state index contributed by atoms with van der Waals surface area (Å²) in [7, 11) is 0. The van der Waals surface area contributed by atoms with Gasteiger partial charge in [0.2, 0.25) is 0 Å². The Morgan fingerprint density at radius 3 is 2.35 bits per heavy atom. The fraction of sp³-hybridized carbons (Fsp3) is 0.333. The highest BCUT2D eigenvalue weighted by Crippen LogP contribution is 2.34. The lowest BCUT2D eigenvalue weighted by molar-refractivity contribution is 0.446. The molecule has 0 heterocycles. The van der Waals surface area contributed by atoms with E-state index in [-0.39, 0.29) is 5.41 Å². The molecule has 2 aromatic rings. The second-order valence-electron chi connectivity index (χ2n) is 6.01. The van der Waals surface area contributed by atoms with Gasteiger partial charge in [-0.15, -0.1) is 11.8 Å². The SMILES string of the molecule is CC(C)(C)c1cc(SCCc2ccccc2)ccc1O. The summed E-state index contributed by atoms with van der Waals surface area (Å²) < 4.78 is 0. The van der Waals surface area contributed by atoms with Gasteiger partial charge >= 0.3 is 0 Å². The Hall–Kier alpha value is -1.41. The zero-order chi connectivity index (χ0) is 14.6. The molecule has 1 N–H and O–H groups in total. The van der Waals surface area contributed by atoms with Gasteiger partial charge in [0, 0.05) is 16.2 Å². The first kappa shape index (κ1) is 15.0. The molecule has 0 saturated heterocycles. The Bertz CT molecular complexity index is 555. The summed E-state index contributed by atoms with van der Waals surface area (Å²) >= 11 is 1.84. The number of thioether (sulfide) groups is 1. The summed E-state index contributed by atoms with van der Waals surface area (Å²) in [5.74, 6) is 1.45. The summed E-state index contributed by atoms with van der Waals surface area (Å²) in [6.45, 7) is 6.38. The maximum Gasteiger partial charge on any atom is 0.119 e. The molecular weight excluding hydrogens is 264 g/mol. The Morgan fingerprint density at radius 1 is 1.00 bits per heavy atom. The van der Waals surface area contributed by atoms with E-state index in [1.54, 1.807) is 0 Å². The second-order valence-corrected chi connectivity index (χ2v) is 7.18. The molecule has 106 valence electrons. The molecule has 20 heavy (non-hydrogen) atoms. The van der Waals surface area contributed by atoms with Gasteiger partial charge in [-0.2, -0.15) is 0 Å². The maximum atomic E-state index is 9.96. The van der Waals surface area contributed by atoms with Crippen LogP contribution in [0.3, 0.4) is 0 Å². The minimum absolute atomic E-state index is 0.0277. The molecular formula is C18H22OS. The first-order valence-corrected chi connectivity index (χ1v) is 7.95. The Morgan fingerprint density at radius 2 is 1.70 bits per heavy atom. The lowest BCUT2D eigenvalue weighted by atomic mass is 9.86. The molecule has 1 nitrogen and oxygen atoms in total. The zero-order valence-corrected chi connectivity index (χ0v) is 13.2. The molecule has 0 aliphatic carbocycles. The van der Waals surface area contributed by atoms with E-state index in [0.29, 0.717) is 5.75 Å². The molecule has 0 radical (unpaired) electrons. The smallest absolute Gasteiger partial charge is 0.119 e. The molecule has 0 unspecified atom stereocenters. The van der Waals surface area contributed by atoms with Crippen molar-refractivity contribution in [3.05, 3.63) is 59.7 Å². The van der Waals surface area contributed by atoms with Gasteiger partial charge in [-0.1, -0.05) is 51.1 Å². The van der Waals surface area contributed by atoms with Crippen LogP contribution in [0.25, 0.3) is 0 Å². The van der Waals surface area contributed by atoms with Crippen LogP contribution < -0.4 is 0 Å². The predicted octanol–water partition coefficient (Wildman–Crippen LogP) is 5.02. The van der Waals surface area contributed by atoms with Gasteiger partial charge in [-0.05, 0) is 35.6 Å². The number of benzene rings is 2. The van der Waals surface area contributed by atoms with E-state index < -0.39 is 0 Å². The number of phenols is 1. The number of hydrogen-bond donors (Lipinski definition) is 1. The van der Waals surface area contributed by atoms with E-state index in [2.05, 4.69) is 51.1 Å². The van der Waals surface area contributed by atoms with Gasteiger partial charge in [0.15, 0.2) is 0 Å². The molecule has 2 aromatic carbocycles. The normalized spacial score (nSPS) is 11.6. The summed E-state index contributed by atoms with van der Waals surface area (Å²) in [4.78, 5) is 1.23. The van der Waals surface area contributed by atoms with Crippen LogP contribution in [0.4, 0.5) is 0 Å². The molecule has 2 heteroatoms. The third-order valence-electron chi connectivity index (χ3n) is 3.28. The van der Waals surface area contributed by atoms with Crippen LogP contribution in [0.15, 0.2) is 53.4 Å². The fourth-order valence-corrected chi connectivity index (χ4v) is 3.08. The Kier molecular flexibility index (Phi) is 4.77. The fourth-order valence-electron chi connectivity index (χ4n) is 2.14. The highest BCUT2D eigenvalue weighted by molar-refractivity contribution is 7.99. The van der Waals surface area contributed by atoms with Crippen LogP contribution >= 0.6 is 11.8 Å². The summed E-state index contributed by atoms with van der Waals surface area (Å²) in [6.07, 6.45) is 1.07. The van der Waals surface area contributed by atoms with Crippen molar-refractivity contribution in [3.63, 3.8) is 0 Å². The number of aryl methyl sites for hydroxylation is 1. The molecule has 0 aromatic heterocycles. The largest absolute Gasteiger partial charge is 0.508 e. The van der Waals surface area contributed by atoms with Crippen LogP contribution in [0.1, 0.15) is 31.9 Å². The van der Waals surface area contributed by atoms with Crippen molar-refractivity contribution in [2.45, 2.75) is 37.5 Å². The molecule has 0 atom stereocenters. The first-order valence-electron chi connectivity index (χ1n) is 6.97. The van der Waals surface area contributed by atoms with E-state index in [4.69, 9.17) is 0 Å². The average Bonchev–Trinajstić information content (AvgIpc) is 2.40. The first-order chi connectivity index (χ1) is 9.47. The Labute approximate surface area is 126 Å². The van der Waals surface area contributed by atoms with E-state index in [1.807, 2.05) is 30.0 Å². The quantitative estimate of drug-likeness (QED) is 0.796. The summed E-state index contributed by atoms with van der Waals surface area (Å²) in [5, 5.41) is 9.96. The average molecular weight is 286 g/mol. The van der Waals surface area contributed by atoms with Crippen LogP contribution in [-0.2, 0) is 11.8 Å². The Balaban J connectivity index is 2.00. The predicted molar refractivity (Wildman–Crippen MR) is 87.7 cm³/mol. The van der Waals surface area contributed by atoms with E-state index in [1.165, 1.54) is 10.5 Å². The lowest BCUT2D eigenvalue weighted by Crippen LogP contribution is -2.11. The van der Waals surface area contributed by atoms with Crippen LogP contribution in [0.5, 0.6) is 5.75 Å². The highest BCUT2D eigenvalue weighted by atomic mass is 32.2. The standard InChI is InChI=1S/C18H22OS/c1-18(2,3)16-13-15(9-10-17(16)19)20-12-11-14-7-5-4-6-8-14/h4-10,13,19H,11-12H2,1-3H3. The molecule has 0 aliphatic heterocycles. The third-order valence-corrected chi connectivity index (χ3v) is 4.27. The van der Waals surface area contributed by atoms with Crippen molar-refractivity contribution in [1.29, 1.82) is 0 Å². The van der Waals surface area contributed by atoms with Crippen molar-refractivity contribution in [1.82, 2.24) is 0 Å². The highest BCUT2D eigenvalue weighted by Gasteiger charge is 2.18. The van der Waals surface area contributed by atoms with Crippen molar-refractivity contribution >= 4 is 11.8 Å². The van der Waals surface area contributed by atoms with Gasteiger partial charge in [0.05, 0.1) is 0 Å². The van der Waals surface area contributed by atoms with E-state index in [0.717, 1.165) is 17.7 Å². The lowest BCUT2D eigenvalue weighted by Gasteiger charge is -2.21. The molecule has 0 saturated carbocycles. The molecule has 0 fully saturated rings. The van der Waals surface area contributed by atoms with Crippen molar-refractivity contribution in [2.75, 3.05) is 5.75 Å². The number of aromatic hydroxyl groups is 1. The van der Waals surface area contributed by atoms with Crippen molar-refractivity contribution < 1.29 is 5.11 Å². The van der Waals surface area contributed by atoms with Gasteiger partial charge < -0.3 is 5.11 Å². The number of phenolic OH excluding ortho intramolecular Hbond substituents is 1. The monoisotopic (exact) mass is 286 g/mol. The third kappa shape index (κ3) is 4.04. The van der Waals surface area contributed by atoms with Crippen LogP contribution in [0, 0.1) is 0 Å². The molecule has 0 spiro atoms. The minimum Gasteiger partial charge on any atom is -0.508 e. The van der Waals surface area contributed by atoms with Gasteiger partial charge in [-0.3, -0.25) is 0 Å².